The molecule has 2 aliphatic heterocycles. The van der Waals surface area contributed by atoms with E-state index in [1.807, 2.05) is 17.8 Å². The van der Waals surface area contributed by atoms with E-state index in [4.69, 9.17) is 16.7 Å². The number of nitrogens with zero attached hydrogens (tertiary/aromatic N) is 2. The molecule has 6 heteroatoms. The summed E-state index contributed by atoms with van der Waals surface area (Å²) in [5.74, 6) is -0.702. The first-order chi connectivity index (χ1) is 14.6. The van der Waals surface area contributed by atoms with Crippen molar-refractivity contribution in [3.8, 4) is 0 Å². The largest absolute Gasteiger partial charge is 0.481 e. The highest BCUT2D eigenvalue weighted by Crippen LogP contribution is 2.46. The van der Waals surface area contributed by atoms with E-state index >= 15 is 0 Å². The van der Waals surface area contributed by atoms with Gasteiger partial charge in [-0.3, -0.25) is 4.79 Å². The highest BCUT2D eigenvalue weighted by atomic mass is 35.5. The summed E-state index contributed by atoms with van der Waals surface area (Å²) in [4.78, 5) is 18.1. The van der Waals surface area contributed by atoms with Crippen molar-refractivity contribution in [3.63, 3.8) is 0 Å². The second-order valence-corrected chi connectivity index (χ2v) is 9.35. The van der Waals surface area contributed by atoms with Gasteiger partial charge < -0.3 is 14.9 Å². The lowest BCUT2D eigenvalue weighted by molar-refractivity contribution is -0.137. The second kappa shape index (κ2) is 10.0. The molecule has 1 N–H and O–H groups in total. The van der Waals surface area contributed by atoms with Crippen molar-refractivity contribution in [1.29, 1.82) is 0 Å². The number of halogens is 1. The first-order valence-corrected chi connectivity index (χ1v) is 11.7. The third-order valence-corrected chi connectivity index (χ3v) is 7.14. The maximum atomic E-state index is 10.7. The van der Waals surface area contributed by atoms with E-state index in [9.17, 15) is 4.79 Å². The molecule has 0 saturated carbocycles. The monoisotopic (exact) mass is 442 g/mol. The van der Waals surface area contributed by atoms with Crippen LogP contribution in [0.3, 0.4) is 0 Å². The molecule has 2 aliphatic rings. The van der Waals surface area contributed by atoms with Crippen molar-refractivity contribution in [3.05, 3.63) is 64.7 Å². The number of rotatable bonds is 7. The molecule has 158 valence electrons. The van der Waals surface area contributed by atoms with Gasteiger partial charge in [0, 0.05) is 54.0 Å². The lowest BCUT2D eigenvalue weighted by Gasteiger charge is -2.34. The molecular formula is C24H27ClN2O2S. The fourth-order valence-corrected chi connectivity index (χ4v) is 5.40. The lowest BCUT2D eigenvalue weighted by Crippen LogP contribution is -2.46. The summed E-state index contributed by atoms with van der Waals surface area (Å²) >= 11 is 8.12. The molecule has 2 heterocycles. The van der Waals surface area contributed by atoms with Crippen LogP contribution in [0.5, 0.6) is 0 Å². The van der Waals surface area contributed by atoms with Crippen molar-refractivity contribution >= 4 is 34.9 Å². The fourth-order valence-electron chi connectivity index (χ4n) is 4.15. The van der Waals surface area contributed by atoms with Gasteiger partial charge in [-0.05, 0) is 60.4 Å². The number of piperazine rings is 1. The van der Waals surface area contributed by atoms with Crippen LogP contribution in [-0.2, 0) is 4.79 Å². The van der Waals surface area contributed by atoms with E-state index < -0.39 is 5.97 Å². The second-order valence-electron chi connectivity index (χ2n) is 7.83. The summed E-state index contributed by atoms with van der Waals surface area (Å²) in [5.41, 5.74) is 3.81. The van der Waals surface area contributed by atoms with Gasteiger partial charge in [0.2, 0.25) is 0 Å². The Bertz CT molecular complexity index is 939. The zero-order valence-electron chi connectivity index (χ0n) is 17.0. The Balaban J connectivity index is 1.37. The Morgan fingerprint density at radius 2 is 1.70 bits per heavy atom. The molecule has 4 rings (SSSR count). The topological polar surface area (TPSA) is 43.8 Å². The van der Waals surface area contributed by atoms with Gasteiger partial charge in [-0.2, -0.15) is 0 Å². The average molecular weight is 443 g/mol. The SMILES string of the molecule is O=C(O)CCCN1CCN(CCC=C2c3ccccc3Sc3ccc(Cl)cc32)CC1. The zero-order chi connectivity index (χ0) is 20.9. The summed E-state index contributed by atoms with van der Waals surface area (Å²) in [6, 6.07) is 14.8. The van der Waals surface area contributed by atoms with Crippen LogP contribution in [-0.4, -0.2) is 60.1 Å². The van der Waals surface area contributed by atoms with E-state index in [-0.39, 0.29) is 6.42 Å². The summed E-state index contributed by atoms with van der Waals surface area (Å²) < 4.78 is 0. The Morgan fingerprint density at radius 3 is 2.47 bits per heavy atom. The molecule has 0 spiro atoms. The number of hydrogen-bond donors (Lipinski definition) is 1. The van der Waals surface area contributed by atoms with Crippen molar-refractivity contribution in [1.82, 2.24) is 9.80 Å². The Kier molecular flexibility index (Phi) is 7.16. The van der Waals surface area contributed by atoms with E-state index in [1.165, 1.54) is 26.5 Å². The van der Waals surface area contributed by atoms with Gasteiger partial charge in [0.25, 0.3) is 0 Å². The molecule has 0 atom stereocenters. The molecular weight excluding hydrogens is 416 g/mol. The summed E-state index contributed by atoms with van der Waals surface area (Å²) in [5, 5.41) is 9.56. The number of carboxylic acid groups (broad SMARTS) is 1. The normalized spacial score (nSPS) is 18.2. The van der Waals surface area contributed by atoms with E-state index in [0.29, 0.717) is 0 Å². The third kappa shape index (κ3) is 5.27. The molecule has 0 radical (unpaired) electrons. The van der Waals surface area contributed by atoms with E-state index in [0.717, 1.165) is 57.1 Å². The summed E-state index contributed by atoms with van der Waals surface area (Å²) in [6.07, 6.45) is 4.37. The molecule has 0 unspecified atom stereocenters. The molecule has 1 fully saturated rings. The highest BCUT2D eigenvalue weighted by molar-refractivity contribution is 7.99. The Morgan fingerprint density at radius 1 is 1.00 bits per heavy atom. The van der Waals surface area contributed by atoms with Gasteiger partial charge in [-0.15, -0.1) is 0 Å². The van der Waals surface area contributed by atoms with Gasteiger partial charge in [0.15, 0.2) is 0 Å². The van der Waals surface area contributed by atoms with Gasteiger partial charge in [-0.1, -0.05) is 47.6 Å². The quantitative estimate of drug-likeness (QED) is 0.550. The first kappa shape index (κ1) is 21.4. The summed E-state index contributed by atoms with van der Waals surface area (Å²) in [6.45, 7) is 6.06. The lowest BCUT2D eigenvalue weighted by atomic mass is 9.96. The minimum atomic E-state index is -0.702. The van der Waals surface area contributed by atoms with Crippen molar-refractivity contribution < 1.29 is 9.90 Å². The molecule has 0 bridgehead atoms. The van der Waals surface area contributed by atoms with Gasteiger partial charge in [0.05, 0.1) is 0 Å². The number of fused-ring (bicyclic) bond motifs is 2. The number of hydrogen-bond acceptors (Lipinski definition) is 4. The predicted octanol–water partition coefficient (Wildman–Crippen LogP) is 5.11. The first-order valence-electron chi connectivity index (χ1n) is 10.5. The van der Waals surface area contributed by atoms with Crippen LogP contribution in [0.25, 0.3) is 5.57 Å². The van der Waals surface area contributed by atoms with Crippen LogP contribution < -0.4 is 0 Å². The van der Waals surface area contributed by atoms with Crippen molar-refractivity contribution in [2.45, 2.75) is 29.1 Å². The van der Waals surface area contributed by atoms with Crippen LogP contribution in [0.1, 0.15) is 30.4 Å². The van der Waals surface area contributed by atoms with Crippen LogP contribution >= 0.6 is 23.4 Å². The van der Waals surface area contributed by atoms with Crippen LogP contribution in [0.15, 0.2) is 58.3 Å². The van der Waals surface area contributed by atoms with Gasteiger partial charge in [-0.25, -0.2) is 0 Å². The molecule has 30 heavy (non-hydrogen) atoms. The smallest absolute Gasteiger partial charge is 0.303 e. The number of carbonyl (C=O) groups is 1. The fraction of sp³-hybridized carbons (Fsp3) is 0.375. The maximum absolute atomic E-state index is 10.7. The number of benzene rings is 2. The third-order valence-electron chi connectivity index (χ3n) is 5.75. The molecule has 1 saturated heterocycles. The average Bonchev–Trinajstić information content (AvgIpc) is 2.74. The minimum Gasteiger partial charge on any atom is -0.481 e. The maximum Gasteiger partial charge on any atom is 0.303 e. The molecule has 2 aromatic rings. The van der Waals surface area contributed by atoms with Crippen LogP contribution in [0, 0.1) is 0 Å². The van der Waals surface area contributed by atoms with Gasteiger partial charge >= 0.3 is 5.97 Å². The summed E-state index contributed by atoms with van der Waals surface area (Å²) in [7, 11) is 0. The van der Waals surface area contributed by atoms with Crippen molar-refractivity contribution in [2.24, 2.45) is 0 Å². The van der Waals surface area contributed by atoms with Crippen LogP contribution in [0.4, 0.5) is 0 Å². The van der Waals surface area contributed by atoms with E-state index in [2.05, 4.69) is 52.3 Å². The standard InChI is InChI=1S/C24H27ClN2O2S/c25-18-9-10-23-21(17-18)19(20-5-1-2-7-22(20)30-23)6-3-11-26-13-15-27(16-14-26)12-4-8-24(28)29/h1-2,5-7,9-10,17H,3-4,8,11-16H2,(H,28,29). The Labute approximate surface area is 187 Å². The zero-order valence-corrected chi connectivity index (χ0v) is 18.6. The van der Waals surface area contributed by atoms with E-state index in [1.54, 1.807) is 0 Å². The van der Waals surface area contributed by atoms with Gasteiger partial charge in [0.1, 0.15) is 0 Å². The molecule has 0 aliphatic carbocycles. The molecule has 0 amide bonds. The predicted molar refractivity (Wildman–Crippen MR) is 123 cm³/mol. The minimum absolute atomic E-state index is 0.263. The Hall–Kier alpha value is -1.79. The van der Waals surface area contributed by atoms with Crippen molar-refractivity contribution in [2.75, 3.05) is 39.3 Å². The number of aliphatic carboxylic acids is 1. The van der Waals surface area contributed by atoms with Crippen LogP contribution in [0.2, 0.25) is 5.02 Å². The molecule has 0 aromatic heterocycles. The molecule has 4 nitrogen and oxygen atoms in total. The number of carboxylic acids is 1. The highest BCUT2D eigenvalue weighted by Gasteiger charge is 2.21. The molecule has 2 aromatic carbocycles.